The third-order valence-electron chi connectivity index (χ3n) is 2.10. The van der Waals surface area contributed by atoms with Crippen molar-refractivity contribution < 1.29 is 19.8 Å². The largest absolute Gasteiger partial charge is 0.480 e. The summed E-state index contributed by atoms with van der Waals surface area (Å²) in [7, 11) is 0. The van der Waals surface area contributed by atoms with Crippen LogP contribution >= 0.6 is 0 Å². The van der Waals surface area contributed by atoms with E-state index in [2.05, 4.69) is 0 Å². The van der Waals surface area contributed by atoms with E-state index in [1.807, 2.05) is 0 Å². The maximum atomic E-state index is 10.6. The van der Waals surface area contributed by atoms with Gasteiger partial charge in [-0.05, 0) is 13.3 Å². The van der Waals surface area contributed by atoms with Gasteiger partial charge in [0.15, 0.2) is 0 Å². The molecule has 1 rings (SSSR count). The van der Waals surface area contributed by atoms with Crippen molar-refractivity contribution in [1.82, 2.24) is 4.90 Å². The van der Waals surface area contributed by atoms with E-state index in [9.17, 15) is 9.59 Å². The molecule has 0 radical (unpaired) electrons. The summed E-state index contributed by atoms with van der Waals surface area (Å²) >= 11 is 0. The Hall–Kier alpha value is -1.30. The number of nitrogens with zero attached hydrogens (tertiary/aromatic N) is 1. The Kier molecular flexibility index (Phi) is 2.17. The second kappa shape index (κ2) is 2.88. The molecule has 2 unspecified atom stereocenters. The second-order valence-corrected chi connectivity index (χ2v) is 3.62. The fraction of sp³-hybridized carbons (Fsp3) is 0.714. The van der Waals surface area contributed by atoms with Crippen LogP contribution in [0.2, 0.25) is 0 Å². The van der Waals surface area contributed by atoms with Gasteiger partial charge >= 0.3 is 12.1 Å². The molecule has 0 spiro atoms. The minimum atomic E-state index is -1.23. The van der Waals surface area contributed by atoms with E-state index >= 15 is 0 Å². The van der Waals surface area contributed by atoms with Crippen molar-refractivity contribution >= 4 is 12.1 Å². The number of rotatable bonds is 1. The first kappa shape index (κ1) is 9.79. The normalized spacial score (nSPS) is 33.4. The summed E-state index contributed by atoms with van der Waals surface area (Å²) in [6, 6.07) is -1.01. The third kappa shape index (κ3) is 1.89. The number of carboxylic acids is 1. The van der Waals surface area contributed by atoms with Crippen LogP contribution in [0.1, 0.15) is 13.3 Å². The zero-order valence-electron chi connectivity index (χ0n) is 7.23. The van der Waals surface area contributed by atoms with Crippen LogP contribution in [0.5, 0.6) is 0 Å². The Morgan fingerprint density at radius 3 is 2.38 bits per heavy atom. The molecule has 74 valence electrons. The molecule has 0 aromatic rings. The third-order valence-corrected chi connectivity index (χ3v) is 2.10. The molecule has 0 bridgehead atoms. The molecular weight excluding hydrogens is 176 g/mol. The number of carbonyl (C=O) groups is 2. The van der Waals surface area contributed by atoms with Gasteiger partial charge in [0, 0.05) is 12.1 Å². The van der Waals surface area contributed by atoms with Gasteiger partial charge in [0.2, 0.25) is 0 Å². The summed E-state index contributed by atoms with van der Waals surface area (Å²) in [6.07, 6.45) is -1.07. The van der Waals surface area contributed by atoms with Crippen molar-refractivity contribution in [2.75, 3.05) is 6.54 Å². The van der Waals surface area contributed by atoms with E-state index in [0.717, 1.165) is 4.90 Å². The zero-order valence-corrected chi connectivity index (χ0v) is 7.23. The quantitative estimate of drug-likeness (QED) is 0.516. The SMILES string of the molecule is CC1(N)CC(C(=O)O)N(C(=O)O)C1. The topological polar surface area (TPSA) is 104 Å². The van der Waals surface area contributed by atoms with E-state index in [-0.39, 0.29) is 13.0 Å². The van der Waals surface area contributed by atoms with Crippen molar-refractivity contribution in [2.24, 2.45) is 5.73 Å². The zero-order chi connectivity index (χ0) is 10.2. The lowest BCUT2D eigenvalue weighted by Crippen LogP contribution is -2.41. The fourth-order valence-corrected chi connectivity index (χ4v) is 1.54. The predicted molar refractivity (Wildman–Crippen MR) is 43.4 cm³/mol. The Morgan fingerprint density at radius 1 is 1.54 bits per heavy atom. The molecule has 13 heavy (non-hydrogen) atoms. The van der Waals surface area contributed by atoms with Crippen molar-refractivity contribution in [3.63, 3.8) is 0 Å². The van der Waals surface area contributed by atoms with Gasteiger partial charge < -0.3 is 15.9 Å². The van der Waals surface area contributed by atoms with E-state index in [4.69, 9.17) is 15.9 Å². The smallest absolute Gasteiger partial charge is 0.408 e. The standard InChI is InChI=1S/C7H12N2O4/c1-7(8)2-4(5(10)11)9(3-7)6(12)13/h4H,2-3,8H2,1H3,(H,10,11)(H,12,13). The minimum Gasteiger partial charge on any atom is -0.480 e. The molecule has 0 aliphatic carbocycles. The monoisotopic (exact) mass is 188 g/mol. The van der Waals surface area contributed by atoms with Gasteiger partial charge in [-0.15, -0.1) is 0 Å². The molecule has 2 atom stereocenters. The molecular formula is C7H12N2O4. The number of aliphatic carboxylic acids is 1. The summed E-state index contributed by atoms with van der Waals surface area (Å²) < 4.78 is 0. The maximum absolute atomic E-state index is 10.6. The summed E-state index contributed by atoms with van der Waals surface area (Å²) in [5.41, 5.74) is 4.93. The van der Waals surface area contributed by atoms with Gasteiger partial charge in [-0.1, -0.05) is 0 Å². The van der Waals surface area contributed by atoms with Gasteiger partial charge in [-0.2, -0.15) is 0 Å². The molecule has 1 saturated heterocycles. The lowest BCUT2D eigenvalue weighted by Gasteiger charge is -2.17. The van der Waals surface area contributed by atoms with Crippen LogP contribution in [-0.4, -0.2) is 45.3 Å². The van der Waals surface area contributed by atoms with E-state index in [1.165, 1.54) is 0 Å². The van der Waals surface area contributed by atoms with E-state index < -0.39 is 23.6 Å². The Morgan fingerprint density at radius 2 is 2.08 bits per heavy atom. The lowest BCUT2D eigenvalue weighted by molar-refractivity contribution is -0.141. The Labute approximate surface area is 74.9 Å². The average molecular weight is 188 g/mol. The molecule has 1 fully saturated rings. The molecule has 1 heterocycles. The fourth-order valence-electron chi connectivity index (χ4n) is 1.54. The van der Waals surface area contributed by atoms with Gasteiger partial charge in [0.1, 0.15) is 6.04 Å². The number of amides is 1. The highest BCUT2D eigenvalue weighted by Crippen LogP contribution is 2.24. The maximum Gasteiger partial charge on any atom is 0.408 e. The van der Waals surface area contributed by atoms with E-state index in [0.29, 0.717) is 0 Å². The molecule has 6 heteroatoms. The van der Waals surface area contributed by atoms with E-state index in [1.54, 1.807) is 6.92 Å². The lowest BCUT2D eigenvalue weighted by atomic mass is 10.0. The summed E-state index contributed by atoms with van der Waals surface area (Å²) in [5, 5.41) is 17.4. The average Bonchev–Trinajstić information content (AvgIpc) is 2.26. The summed E-state index contributed by atoms with van der Waals surface area (Å²) in [5.74, 6) is -1.14. The van der Waals surface area contributed by atoms with Crippen molar-refractivity contribution in [3.05, 3.63) is 0 Å². The molecule has 0 aromatic carbocycles. The molecule has 4 N–H and O–H groups in total. The molecule has 1 aliphatic rings. The molecule has 6 nitrogen and oxygen atoms in total. The highest BCUT2D eigenvalue weighted by atomic mass is 16.4. The number of likely N-dealkylation sites (tertiary alicyclic amines) is 1. The highest BCUT2D eigenvalue weighted by molar-refractivity contribution is 5.80. The first-order chi connectivity index (χ1) is 5.83. The Bertz CT molecular complexity index is 227. The van der Waals surface area contributed by atoms with Crippen LogP contribution in [0.25, 0.3) is 0 Å². The second-order valence-electron chi connectivity index (χ2n) is 3.62. The van der Waals surface area contributed by atoms with Crippen LogP contribution in [0, 0.1) is 0 Å². The summed E-state index contributed by atoms with van der Waals surface area (Å²) in [4.78, 5) is 22.1. The number of hydrogen-bond acceptors (Lipinski definition) is 3. The molecule has 0 aromatic heterocycles. The highest BCUT2D eigenvalue weighted by Gasteiger charge is 2.44. The van der Waals surface area contributed by atoms with Crippen molar-refractivity contribution in [3.8, 4) is 0 Å². The number of hydrogen-bond donors (Lipinski definition) is 3. The number of nitrogens with two attached hydrogens (primary N) is 1. The first-order valence-corrected chi connectivity index (χ1v) is 3.85. The van der Waals surface area contributed by atoms with Gasteiger partial charge in [-0.3, -0.25) is 4.90 Å². The van der Waals surface area contributed by atoms with Crippen molar-refractivity contribution in [1.29, 1.82) is 0 Å². The minimum absolute atomic E-state index is 0.0688. The van der Waals surface area contributed by atoms with Gasteiger partial charge in [-0.25, -0.2) is 9.59 Å². The van der Waals surface area contributed by atoms with Gasteiger partial charge in [0.05, 0.1) is 0 Å². The number of carboxylic acid groups (broad SMARTS) is 2. The first-order valence-electron chi connectivity index (χ1n) is 3.85. The van der Waals surface area contributed by atoms with Crippen LogP contribution in [0.4, 0.5) is 4.79 Å². The summed E-state index contributed by atoms with van der Waals surface area (Å²) in [6.45, 7) is 1.71. The van der Waals surface area contributed by atoms with Crippen LogP contribution in [0.15, 0.2) is 0 Å². The molecule has 1 aliphatic heterocycles. The van der Waals surface area contributed by atoms with Crippen LogP contribution < -0.4 is 5.73 Å². The molecule has 1 amide bonds. The van der Waals surface area contributed by atoms with Crippen molar-refractivity contribution in [2.45, 2.75) is 24.9 Å². The van der Waals surface area contributed by atoms with Gasteiger partial charge in [0.25, 0.3) is 0 Å². The van der Waals surface area contributed by atoms with Crippen LogP contribution in [-0.2, 0) is 4.79 Å². The Balaban J connectivity index is 2.83. The predicted octanol–water partition coefficient (Wildman–Crippen LogP) is -0.459. The van der Waals surface area contributed by atoms with Crippen LogP contribution in [0.3, 0.4) is 0 Å². The molecule has 0 saturated carbocycles.